The van der Waals surface area contributed by atoms with Gasteiger partial charge in [0, 0.05) is 23.9 Å². The molecule has 0 fully saturated rings. The summed E-state index contributed by atoms with van der Waals surface area (Å²) in [5.41, 5.74) is 7.79. The molecule has 0 unspecified atom stereocenters. The van der Waals surface area contributed by atoms with Crippen molar-refractivity contribution >= 4 is 11.9 Å². The van der Waals surface area contributed by atoms with Gasteiger partial charge in [-0.15, -0.1) is 0 Å². The van der Waals surface area contributed by atoms with E-state index in [4.69, 9.17) is 19.9 Å². The van der Waals surface area contributed by atoms with E-state index in [2.05, 4.69) is 9.97 Å². The molecule has 2 aromatic rings. The third-order valence-corrected chi connectivity index (χ3v) is 4.12. The maximum Gasteiger partial charge on any atom is 0.254 e. The number of amides is 1. The van der Waals surface area contributed by atoms with E-state index in [0.29, 0.717) is 55.7 Å². The van der Waals surface area contributed by atoms with E-state index in [1.165, 1.54) is 0 Å². The van der Waals surface area contributed by atoms with Gasteiger partial charge < -0.3 is 24.8 Å². The highest BCUT2D eigenvalue weighted by atomic mass is 16.5. The first kappa shape index (κ1) is 18.8. The molecule has 0 bridgehead atoms. The molecule has 8 heteroatoms. The average molecular weight is 372 g/mol. The van der Waals surface area contributed by atoms with Crippen LogP contribution in [0.15, 0.2) is 18.3 Å². The lowest BCUT2D eigenvalue weighted by Gasteiger charge is -2.19. The van der Waals surface area contributed by atoms with E-state index >= 15 is 0 Å². The van der Waals surface area contributed by atoms with Gasteiger partial charge in [0.05, 0.1) is 32.1 Å². The highest BCUT2D eigenvalue weighted by Crippen LogP contribution is 2.39. The summed E-state index contributed by atoms with van der Waals surface area (Å²) < 4.78 is 17.1. The molecular weight excluding hydrogens is 348 g/mol. The summed E-state index contributed by atoms with van der Waals surface area (Å²) in [7, 11) is 0. The Balaban J connectivity index is 1.92. The Morgan fingerprint density at radius 2 is 1.70 bits per heavy atom. The fraction of sp³-hybridized carbons (Fsp3) is 0.421. The molecule has 0 saturated heterocycles. The fourth-order valence-corrected chi connectivity index (χ4v) is 3.01. The van der Waals surface area contributed by atoms with Crippen molar-refractivity contribution in [3.63, 3.8) is 0 Å². The lowest BCUT2D eigenvalue weighted by molar-refractivity contribution is 0.0749. The second-order valence-corrected chi connectivity index (χ2v) is 5.96. The van der Waals surface area contributed by atoms with E-state index in [-0.39, 0.29) is 11.9 Å². The number of nitrogens with two attached hydrogens (primary N) is 1. The van der Waals surface area contributed by atoms with Crippen LogP contribution in [-0.2, 0) is 13.1 Å². The van der Waals surface area contributed by atoms with Gasteiger partial charge in [-0.1, -0.05) is 0 Å². The average Bonchev–Trinajstić information content (AvgIpc) is 3.07. The largest absolute Gasteiger partial charge is 0.490 e. The van der Waals surface area contributed by atoms with Crippen LogP contribution in [0.25, 0.3) is 0 Å². The van der Waals surface area contributed by atoms with E-state index in [0.717, 1.165) is 11.3 Å². The summed E-state index contributed by atoms with van der Waals surface area (Å²) in [5, 5.41) is 0. The molecule has 2 heterocycles. The van der Waals surface area contributed by atoms with Crippen LogP contribution in [0.2, 0.25) is 0 Å². The molecule has 0 radical (unpaired) electrons. The molecule has 3 rings (SSSR count). The first-order valence-corrected chi connectivity index (χ1v) is 9.03. The van der Waals surface area contributed by atoms with Gasteiger partial charge in [-0.3, -0.25) is 4.79 Å². The van der Waals surface area contributed by atoms with Crippen LogP contribution in [-0.4, -0.2) is 40.6 Å². The van der Waals surface area contributed by atoms with E-state index < -0.39 is 0 Å². The maximum atomic E-state index is 13.1. The molecule has 1 aromatic carbocycles. The Kier molecular flexibility index (Phi) is 5.63. The molecule has 1 amide bonds. The first-order chi connectivity index (χ1) is 13.1. The number of rotatable bonds is 7. The number of hydrogen-bond acceptors (Lipinski definition) is 7. The van der Waals surface area contributed by atoms with E-state index in [1.807, 2.05) is 20.8 Å². The third-order valence-electron chi connectivity index (χ3n) is 4.12. The molecule has 1 aromatic heterocycles. The second kappa shape index (κ2) is 8.11. The number of hydrogen-bond donors (Lipinski definition) is 1. The van der Waals surface area contributed by atoms with E-state index in [9.17, 15) is 4.79 Å². The predicted molar refractivity (Wildman–Crippen MR) is 100.0 cm³/mol. The van der Waals surface area contributed by atoms with Crippen molar-refractivity contribution in [2.75, 3.05) is 25.6 Å². The first-order valence-electron chi connectivity index (χ1n) is 9.03. The monoisotopic (exact) mass is 372 g/mol. The third kappa shape index (κ3) is 3.89. The molecule has 144 valence electrons. The smallest absolute Gasteiger partial charge is 0.254 e. The summed E-state index contributed by atoms with van der Waals surface area (Å²) in [6.45, 7) is 7.85. The highest BCUT2D eigenvalue weighted by Gasteiger charge is 2.28. The van der Waals surface area contributed by atoms with Gasteiger partial charge in [-0.05, 0) is 32.9 Å². The Labute approximate surface area is 158 Å². The Bertz CT molecular complexity index is 813. The molecule has 27 heavy (non-hydrogen) atoms. The summed E-state index contributed by atoms with van der Waals surface area (Å²) in [6, 6.07) is 3.39. The minimum atomic E-state index is -0.142. The zero-order chi connectivity index (χ0) is 19.4. The second-order valence-electron chi connectivity index (χ2n) is 5.96. The normalized spacial score (nSPS) is 12.6. The van der Waals surface area contributed by atoms with Crippen LogP contribution >= 0.6 is 0 Å². The van der Waals surface area contributed by atoms with Crippen molar-refractivity contribution < 1.29 is 19.0 Å². The van der Waals surface area contributed by atoms with Crippen LogP contribution in [0, 0.1) is 0 Å². The fourth-order valence-electron chi connectivity index (χ4n) is 3.01. The summed E-state index contributed by atoms with van der Waals surface area (Å²) >= 11 is 0. The van der Waals surface area contributed by atoms with Crippen LogP contribution < -0.4 is 19.9 Å². The van der Waals surface area contributed by atoms with Gasteiger partial charge in [0.25, 0.3) is 5.91 Å². The number of ether oxygens (including phenoxy) is 3. The van der Waals surface area contributed by atoms with Crippen LogP contribution in [0.1, 0.15) is 42.4 Å². The van der Waals surface area contributed by atoms with Crippen molar-refractivity contribution in [2.24, 2.45) is 0 Å². The topological polar surface area (TPSA) is 99.8 Å². The molecular formula is C19H24N4O4. The molecule has 0 atom stereocenters. The Morgan fingerprint density at radius 1 is 1.07 bits per heavy atom. The van der Waals surface area contributed by atoms with Gasteiger partial charge in [-0.2, -0.15) is 0 Å². The summed E-state index contributed by atoms with van der Waals surface area (Å²) in [6.07, 6.45) is 1.67. The van der Waals surface area contributed by atoms with Crippen molar-refractivity contribution in [1.82, 2.24) is 14.9 Å². The lowest BCUT2D eigenvalue weighted by Crippen LogP contribution is -2.25. The number of anilines is 1. The standard InChI is InChI=1S/C19H24N4O4/c1-4-25-15-7-12(8-16(26-5-2)17(15)27-6-3)18(24)23-10-13-9-21-19(20)22-14(13)11-23/h7-9H,4-6,10-11H2,1-3H3,(H2,20,21,22). The van der Waals surface area contributed by atoms with Crippen molar-refractivity contribution in [2.45, 2.75) is 33.9 Å². The number of fused-ring (bicyclic) bond motifs is 1. The SMILES string of the molecule is CCOc1cc(C(=O)N2Cc3cnc(N)nc3C2)cc(OCC)c1OCC. The Morgan fingerprint density at radius 3 is 2.30 bits per heavy atom. The van der Waals surface area contributed by atoms with Gasteiger partial charge in [-0.25, -0.2) is 9.97 Å². The van der Waals surface area contributed by atoms with Gasteiger partial charge in [0.2, 0.25) is 11.7 Å². The van der Waals surface area contributed by atoms with Gasteiger partial charge in [0.15, 0.2) is 11.5 Å². The number of nitrogens with zero attached hydrogens (tertiary/aromatic N) is 3. The zero-order valence-electron chi connectivity index (χ0n) is 15.8. The van der Waals surface area contributed by atoms with Gasteiger partial charge >= 0.3 is 0 Å². The van der Waals surface area contributed by atoms with Crippen LogP contribution in [0.5, 0.6) is 17.2 Å². The Hall–Kier alpha value is -3.03. The number of carbonyl (C=O) groups is 1. The van der Waals surface area contributed by atoms with Crippen LogP contribution in [0.3, 0.4) is 0 Å². The molecule has 1 aliphatic heterocycles. The quantitative estimate of drug-likeness (QED) is 0.796. The number of carbonyl (C=O) groups excluding carboxylic acids is 1. The molecule has 0 spiro atoms. The number of nitrogen functional groups attached to an aromatic ring is 1. The molecule has 0 saturated carbocycles. The molecule has 2 N–H and O–H groups in total. The van der Waals surface area contributed by atoms with E-state index in [1.54, 1.807) is 23.2 Å². The van der Waals surface area contributed by atoms with Crippen molar-refractivity contribution in [1.29, 1.82) is 0 Å². The summed E-state index contributed by atoms with van der Waals surface area (Å²) in [4.78, 5) is 23.0. The van der Waals surface area contributed by atoms with Crippen LogP contribution in [0.4, 0.5) is 5.95 Å². The lowest BCUT2D eigenvalue weighted by atomic mass is 10.1. The van der Waals surface area contributed by atoms with Crippen molar-refractivity contribution in [3.8, 4) is 17.2 Å². The zero-order valence-corrected chi connectivity index (χ0v) is 15.8. The molecule has 1 aliphatic rings. The van der Waals surface area contributed by atoms with Crippen molar-refractivity contribution in [3.05, 3.63) is 35.2 Å². The maximum absolute atomic E-state index is 13.1. The summed E-state index contributed by atoms with van der Waals surface area (Å²) in [5.74, 6) is 1.57. The highest BCUT2D eigenvalue weighted by molar-refractivity contribution is 5.96. The minimum absolute atomic E-state index is 0.142. The molecule has 8 nitrogen and oxygen atoms in total. The van der Waals surface area contributed by atoms with Gasteiger partial charge in [0.1, 0.15) is 0 Å². The minimum Gasteiger partial charge on any atom is -0.490 e. The molecule has 0 aliphatic carbocycles. The predicted octanol–water partition coefficient (Wildman–Crippen LogP) is 2.41. The number of aromatic nitrogens is 2. The number of benzene rings is 1.